The molecule has 2 aliphatic rings. The van der Waals surface area contributed by atoms with Crippen LogP contribution in [0.5, 0.6) is 0 Å². The summed E-state index contributed by atoms with van der Waals surface area (Å²) in [6, 6.07) is 4.00. The van der Waals surface area contributed by atoms with E-state index in [0.29, 0.717) is 11.5 Å². The molecule has 2 fully saturated rings. The van der Waals surface area contributed by atoms with Crippen molar-refractivity contribution in [3.8, 4) is 0 Å². The number of aromatic nitrogens is 1. The fourth-order valence-corrected chi connectivity index (χ4v) is 4.09. The second kappa shape index (κ2) is 5.66. The number of anilines is 1. The van der Waals surface area contributed by atoms with Crippen LogP contribution in [0.15, 0.2) is 18.3 Å². The summed E-state index contributed by atoms with van der Waals surface area (Å²) >= 11 is 0. The van der Waals surface area contributed by atoms with Gasteiger partial charge in [-0.15, -0.1) is 0 Å². The Balaban J connectivity index is 1.60. The number of fused-ring (bicyclic) bond motifs is 2. The van der Waals surface area contributed by atoms with E-state index in [4.69, 9.17) is 0 Å². The van der Waals surface area contributed by atoms with E-state index in [0.717, 1.165) is 17.7 Å². The second-order valence-corrected chi connectivity index (χ2v) is 6.90. The topological polar surface area (TPSA) is 45.2 Å². The van der Waals surface area contributed by atoms with Gasteiger partial charge in [-0.2, -0.15) is 0 Å². The molecule has 0 radical (unpaired) electrons. The average molecular weight is 287 g/mol. The molecule has 114 valence electrons. The Morgan fingerprint density at radius 1 is 1.33 bits per heavy atom. The molecule has 2 saturated carbocycles. The zero-order valence-electron chi connectivity index (χ0n) is 13.2. The van der Waals surface area contributed by atoms with Crippen LogP contribution in [-0.4, -0.2) is 31.0 Å². The molecule has 1 aromatic rings. The summed E-state index contributed by atoms with van der Waals surface area (Å²) in [6.07, 6.45) is 7.10. The zero-order valence-corrected chi connectivity index (χ0v) is 13.2. The normalized spacial score (nSPS) is 28.4. The van der Waals surface area contributed by atoms with Crippen LogP contribution in [0.1, 0.15) is 43.0 Å². The minimum absolute atomic E-state index is 0.00285. The van der Waals surface area contributed by atoms with E-state index >= 15 is 0 Å². The van der Waals surface area contributed by atoms with Crippen molar-refractivity contribution in [2.75, 3.05) is 19.0 Å². The lowest BCUT2D eigenvalue weighted by atomic mass is 9.84. The second-order valence-electron chi connectivity index (χ2n) is 6.90. The van der Waals surface area contributed by atoms with E-state index in [1.54, 1.807) is 6.20 Å². The zero-order chi connectivity index (χ0) is 15.0. The Kier molecular flexibility index (Phi) is 3.87. The minimum Gasteiger partial charge on any atom is -0.363 e. The van der Waals surface area contributed by atoms with E-state index in [2.05, 4.69) is 17.2 Å². The third-order valence-corrected chi connectivity index (χ3v) is 5.26. The van der Waals surface area contributed by atoms with E-state index in [9.17, 15) is 4.79 Å². The largest absolute Gasteiger partial charge is 0.363 e. The van der Waals surface area contributed by atoms with Crippen LogP contribution in [0, 0.1) is 17.8 Å². The molecule has 21 heavy (non-hydrogen) atoms. The molecule has 4 heteroatoms. The Bertz CT molecular complexity index is 511. The standard InChI is InChI=1S/C17H25N3O/c1-11(15-9-12-4-5-13(15)8-12)19-17(21)14-6-7-16(18-10-14)20(2)3/h6-7,10-13,15H,4-5,8-9H2,1-3H3,(H,19,21)/t11-,12+,13+,15-/m1/s1. The molecular weight excluding hydrogens is 262 g/mol. The molecule has 0 spiro atoms. The van der Waals surface area contributed by atoms with Gasteiger partial charge in [0.15, 0.2) is 0 Å². The number of pyridine rings is 1. The monoisotopic (exact) mass is 287 g/mol. The van der Waals surface area contributed by atoms with Crippen LogP contribution in [0.2, 0.25) is 0 Å². The van der Waals surface area contributed by atoms with Gasteiger partial charge in [0.2, 0.25) is 0 Å². The number of carbonyl (C=O) groups excluding carboxylic acids is 1. The smallest absolute Gasteiger partial charge is 0.253 e. The molecule has 2 bridgehead atoms. The van der Waals surface area contributed by atoms with Gasteiger partial charge in [0.1, 0.15) is 5.82 Å². The summed E-state index contributed by atoms with van der Waals surface area (Å²) in [4.78, 5) is 18.6. The Morgan fingerprint density at radius 3 is 2.67 bits per heavy atom. The van der Waals surface area contributed by atoms with Crippen LogP contribution < -0.4 is 10.2 Å². The first kappa shape index (κ1) is 14.4. The highest BCUT2D eigenvalue weighted by Gasteiger charge is 2.42. The number of rotatable bonds is 4. The molecule has 4 nitrogen and oxygen atoms in total. The average Bonchev–Trinajstić information content (AvgIpc) is 3.10. The third-order valence-electron chi connectivity index (χ3n) is 5.26. The van der Waals surface area contributed by atoms with Crippen molar-refractivity contribution >= 4 is 11.7 Å². The molecule has 1 N–H and O–H groups in total. The highest BCUT2D eigenvalue weighted by Crippen LogP contribution is 2.49. The van der Waals surface area contributed by atoms with E-state index in [-0.39, 0.29) is 11.9 Å². The molecule has 1 aromatic heterocycles. The maximum Gasteiger partial charge on any atom is 0.253 e. The summed E-state index contributed by atoms with van der Waals surface area (Å²) in [6.45, 7) is 2.16. The lowest BCUT2D eigenvalue weighted by Gasteiger charge is -2.28. The van der Waals surface area contributed by atoms with Gasteiger partial charge in [0.25, 0.3) is 5.91 Å². The first-order valence-corrected chi connectivity index (χ1v) is 7.99. The summed E-state index contributed by atoms with van der Waals surface area (Å²) in [5, 5.41) is 3.18. The molecule has 2 aliphatic carbocycles. The molecule has 0 aromatic carbocycles. The van der Waals surface area contributed by atoms with Gasteiger partial charge < -0.3 is 10.2 Å². The minimum atomic E-state index is 0.00285. The summed E-state index contributed by atoms with van der Waals surface area (Å²) in [5.41, 5.74) is 0.649. The number of carbonyl (C=O) groups is 1. The fourth-order valence-electron chi connectivity index (χ4n) is 4.09. The van der Waals surface area contributed by atoms with Gasteiger partial charge >= 0.3 is 0 Å². The molecule has 1 amide bonds. The molecule has 0 aliphatic heterocycles. The quantitative estimate of drug-likeness (QED) is 0.926. The Hall–Kier alpha value is -1.58. The Morgan fingerprint density at radius 2 is 2.14 bits per heavy atom. The predicted octanol–water partition coefficient (Wildman–Crippen LogP) is 2.70. The maximum absolute atomic E-state index is 12.3. The summed E-state index contributed by atoms with van der Waals surface area (Å²) in [7, 11) is 3.89. The molecule has 1 heterocycles. The number of nitrogens with one attached hydrogen (secondary N) is 1. The molecule has 0 saturated heterocycles. The van der Waals surface area contributed by atoms with Crippen LogP contribution in [-0.2, 0) is 0 Å². The fraction of sp³-hybridized carbons (Fsp3) is 0.647. The van der Waals surface area contributed by atoms with Crippen molar-refractivity contribution in [2.24, 2.45) is 17.8 Å². The lowest BCUT2D eigenvalue weighted by Crippen LogP contribution is -2.40. The van der Waals surface area contributed by atoms with Gasteiger partial charge in [-0.1, -0.05) is 6.42 Å². The predicted molar refractivity (Wildman–Crippen MR) is 84.4 cm³/mol. The molecule has 3 rings (SSSR count). The van der Waals surface area contributed by atoms with Crippen molar-refractivity contribution in [3.05, 3.63) is 23.9 Å². The maximum atomic E-state index is 12.3. The van der Waals surface area contributed by atoms with Crippen LogP contribution in [0.25, 0.3) is 0 Å². The molecule has 0 unspecified atom stereocenters. The molecule has 4 atom stereocenters. The number of hydrogen-bond acceptors (Lipinski definition) is 3. The van der Waals surface area contributed by atoms with E-state index in [1.807, 2.05) is 31.1 Å². The van der Waals surface area contributed by atoms with Gasteiger partial charge in [-0.3, -0.25) is 4.79 Å². The van der Waals surface area contributed by atoms with Crippen LogP contribution >= 0.6 is 0 Å². The lowest BCUT2D eigenvalue weighted by molar-refractivity contribution is 0.0915. The van der Waals surface area contributed by atoms with Crippen molar-refractivity contribution in [3.63, 3.8) is 0 Å². The highest BCUT2D eigenvalue weighted by molar-refractivity contribution is 5.94. The van der Waals surface area contributed by atoms with Crippen LogP contribution in [0.4, 0.5) is 5.82 Å². The van der Waals surface area contributed by atoms with Crippen molar-refractivity contribution in [2.45, 2.75) is 38.6 Å². The van der Waals surface area contributed by atoms with E-state index in [1.165, 1.54) is 25.7 Å². The first-order valence-electron chi connectivity index (χ1n) is 7.99. The van der Waals surface area contributed by atoms with Crippen molar-refractivity contribution in [1.82, 2.24) is 10.3 Å². The number of nitrogens with zero attached hydrogens (tertiary/aromatic N) is 2. The number of amides is 1. The van der Waals surface area contributed by atoms with Gasteiger partial charge in [0, 0.05) is 26.3 Å². The molecular formula is C17H25N3O. The van der Waals surface area contributed by atoms with Crippen LogP contribution in [0.3, 0.4) is 0 Å². The van der Waals surface area contributed by atoms with Gasteiger partial charge in [-0.05, 0) is 56.1 Å². The number of hydrogen-bond donors (Lipinski definition) is 1. The third kappa shape index (κ3) is 2.89. The van der Waals surface area contributed by atoms with Gasteiger partial charge in [0.05, 0.1) is 5.56 Å². The highest BCUT2D eigenvalue weighted by atomic mass is 16.1. The SMILES string of the molecule is C[C@@H](NC(=O)c1ccc(N(C)C)nc1)[C@H]1C[C@H]2CC[C@H]1C2. The Labute approximate surface area is 126 Å². The summed E-state index contributed by atoms with van der Waals surface area (Å²) in [5.74, 6) is 3.29. The first-order chi connectivity index (χ1) is 10.0. The van der Waals surface area contributed by atoms with Gasteiger partial charge in [-0.25, -0.2) is 4.98 Å². The van der Waals surface area contributed by atoms with E-state index < -0.39 is 0 Å². The summed E-state index contributed by atoms with van der Waals surface area (Å²) < 4.78 is 0. The van der Waals surface area contributed by atoms with Crippen molar-refractivity contribution in [1.29, 1.82) is 0 Å². The van der Waals surface area contributed by atoms with Crippen molar-refractivity contribution < 1.29 is 4.79 Å².